The molecule has 176 valence electrons. The number of piperidine rings is 1. The second-order valence-electron chi connectivity index (χ2n) is 8.63. The Morgan fingerprint density at radius 3 is 2.69 bits per heavy atom. The maximum Gasteiger partial charge on any atom is 0.244 e. The lowest BCUT2D eigenvalue weighted by Gasteiger charge is -2.31. The SMILES string of the molecule is Bc1cnn2c(NCc3cccnc3)cc(C3CCN(S(=O)(=O)c4ccccc4C#N)CC3)nc12. The molecule has 0 spiro atoms. The molecule has 5 rings (SSSR count). The molecule has 0 radical (unpaired) electrons. The number of fused-ring (bicyclic) bond motifs is 1. The van der Waals surface area contributed by atoms with Crippen LogP contribution in [0.2, 0.25) is 0 Å². The number of benzene rings is 1. The Kier molecular flexibility index (Phi) is 6.24. The average Bonchev–Trinajstić information content (AvgIpc) is 3.28. The second kappa shape index (κ2) is 9.48. The largest absolute Gasteiger partial charge is 0.366 e. The molecule has 1 fully saturated rings. The average molecular weight is 485 g/mol. The van der Waals surface area contributed by atoms with Gasteiger partial charge in [-0.25, -0.2) is 13.4 Å². The van der Waals surface area contributed by atoms with Crippen LogP contribution in [0.25, 0.3) is 5.65 Å². The molecule has 35 heavy (non-hydrogen) atoms. The Labute approximate surface area is 204 Å². The van der Waals surface area contributed by atoms with Crippen molar-refractivity contribution in [2.24, 2.45) is 0 Å². The third-order valence-electron chi connectivity index (χ3n) is 6.36. The summed E-state index contributed by atoms with van der Waals surface area (Å²) in [7, 11) is -1.75. The van der Waals surface area contributed by atoms with Gasteiger partial charge in [0.05, 0.1) is 10.5 Å². The van der Waals surface area contributed by atoms with Crippen LogP contribution in [0.3, 0.4) is 0 Å². The van der Waals surface area contributed by atoms with Gasteiger partial charge in [-0.15, -0.1) is 0 Å². The van der Waals surface area contributed by atoms with Crippen LogP contribution in [0.15, 0.2) is 66.0 Å². The molecule has 1 N–H and O–H groups in total. The minimum absolute atomic E-state index is 0.0669. The highest BCUT2D eigenvalue weighted by Gasteiger charge is 2.32. The van der Waals surface area contributed by atoms with Crippen LogP contribution in [0.5, 0.6) is 0 Å². The fraction of sp³-hybridized carbons (Fsp3) is 0.250. The number of nitrogens with one attached hydrogen (secondary N) is 1. The van der Waals surface area contributed by atoms with Crippen LogP contribution in [0, 0.1) is 11.3 Å². The molecule has 0 atom stereocenters. The molecule has 1 saturated heterocycles. The van der Waals surface area contributed by atoms with E-state index in [9.17, 15) is 13.7 Å². The van der Waals surface area contributed by atoms with E-state index < -0.39 is 10.0 Å². The van der Waals surface area contributed by atoms with Crippen molar-refractivity contribution in [1.82, 2.24) is 23.9 Å². The van der Waals surface area contributed by atoms with Crippen LogP contribution in [0.1, 0.15) is 35.6 Å². The molecular weight excluding hydrogens is 461 g/mol. The molecule has 4 aromatic rings. The highest BCUT2D eigenvalue weighted by molar-refractivity contribution is 7.89. The first-order chi connectivity index (χ1) is 17.0. The zero-order valence-corrected chi connectivity index (χ0v) is 20.1. The zero-order chi connectivity index (χ0) is 24.4. The van der Waals surface area contributed by atoms with Gasteiger partial charge in [-0.05, 0) is 42.1 Å². The molecular formula is C24H24BN7O2S. The predicted octanol–water partition coefficient (Wildman–Crippen LogP) is 1.43. The molecule has 1 aliphatic heterocycles. The van der Waals surface area contributed by atoms with Gasteiger partial charge in [-0.1, -0.05) is 18.2 Å². The molecule has 0 bridgehead atoms. The number of rotatable bonds is 6. The Morgan fingerprint density at radius 1 is 1.14 bits per heavy atom. The zero-order valence-electron chi connectivity index (χ0n) is 19.3. The summed E-state index contributed by atoms with van der Waals surface area (Å²) in [6, 6.07) is 14.3. The fourth-order valence-electron chi connectivity index (χ4n) is 4.44. The van der Waals surface area contributed by atoms with Gasteiger partial charge in [0.2, 0.25) is 10.0 Å². The van der Waals surface area contributed by atoms with E-state index in [0.717, 1.165) is 28.2 Å². The Balaban J connectivity index is 1.37. The lowest BCUT2D eigenvalue weighted by molar-refractivity contribution is 0.317. The van der Waals surface area contributed by atoms with Crippen molar-refractivity contribution >= 4 is 34.8 Å². The summed E-state index contributed by atoms with van der Waals surface area (Å²) in [5.74, 6) is 0.950. The van der Waals surface area contributed by atoms with Crippen LogP contribution >= 0.6 is 0 Å². The van der Waals surface area contributed by atoms with Crippen LogP contribution in [-0.2, 0) is 16.6 Å². The van der Waals surface area contributed by atoms with Gasteiger partial charge >= 0.3 is 0 Å². The van der Waals surface area contributed by atoms with E-state index >= 15 is 0 Å². The number of hydrogen-bond acceptors (Lipinski definition) is 7. The minimum Gasteiger partial charge on any atom is -0.366 e. The quantitative estimate of drug-likeness (QED) is 0.411. The van der Waals surface area contributed by atoms with E-state index in [2.05, 4.69) is 15.4 Å². The third-order valence-corrected chi connectivity index (χ3v) is 8.32. The minimum atomic E-state index is -3.73. The molecule has 1 aliphatic rings. The number of nitrogens with zero attached hydrogens (tertiary/aromatic N) is 6. The molecule has 0 unspecified atom stereocenters. The topological polar surface area (TPSA) is 116 Å². The molecule has 0 amide bonds. The summed E-state index contributed by atoms with van der Waals surface area (Å²) in [4.78, 5) is 9.12. The third kappa shape index (κ3) is 4.50. The van der Waals surface area contributed by atoms with E-state index in [1.165, 1.54) is 16.4 Å². The van der Waals surface area contributed by atoms with Gasteiger partial charge in [0.15, 0.2) is 5.65 Å². The number of sulfonamides is 1. The van der Waals surface area contributed by atoms with Gasteiger partial charge in [0.1, 0.15) is 19.7 Å². The number of hydrogen-bond donors (Lipinski definition) is 1. The fourth-order valence-corrected chi connectivity index (χ4v) is 6.05. The van der Waals surface area contributed by atoms with Crippen molar-refractivity contribution in [1.29, 1.82) is 5.26 Å². The van der Waals surface area contributed by atoms with Crippen LogP contribution in [-0.4, -0.2) is 53.2 Å². The van der Waals surface area contributed by atoms with Crippen molar-refractivity contribution < 1.29 is 8.42 Å². The van der Waals surface area contributed by atoms with Crippen molar-refractivity contribution in [2.75, 3.05) is 18.4 Å². The standard InChI is InChI=1S/C24H24BN7O2S/c25-20-16-29-32-23(28-15-17-4-3-9-27-14-17)12-21(30-24(20)32)18-7-10-31(11-8-18)35(33,34)22-6-2-1-5-19(22)13-26/h1-6,9,12,14,16,18,28H,7-8,10-11,15,25H2. The van der Waals surface area contributed by atoms with Gasteiger partial charge in [-0.2, -0.15) is 19.2 Å². The summed E-state index contributed by atoms with van der Waals surface area (Å²) in [6.07, 6.45) is 6.65. The first-order valence-corrected chi connectivity index (χ1v) is 12.9. The molecule has 1 aromatic carbocycles. The first kappa shape index (κ1) is 23.0. The molecule has 3 aromatic heterocycles. The van der Waals surface area contributed by atoms with E-state index in [0.29, 0.717) is 32.5 Å². The number of anilines is 1. The highest BCUT2D eigenvalue weighted by Crippen LogP contribution is 2.32. The molecule has 9 nitrogen and oxygen atoms in total. The Bertz CT molecular complexity index is 1510. The second-order valence-corrected chi connectivity index (χ2v) is 10.5. The number of aromatic nitrogens is 4. The number of pyridine rings is 1. The van der Waals surface area contributed by atoms with Crippen molar-refractivity contribution in [2.45, 2.75) is 30.2 Å². The van der Waals surface area contributed by atoms with Crippen molar-refractivity contribution in [3.63, 3.8) is 0 Å². The lowest BCUT2D eigenvalue weighted by atomic mass is 9.94. The Morgan fingerprint density at radius 2 is 1.94 bits per heavy atom. The Hall–Kier alpha value is -3.75. The highest BCUT2D eigenvalue weighted by atomic mass is 32.2. The summed E-state index contributed by atoms with van der Waals surface area (Å²) < 4.78 is 29.7. The van der Waals surface area contributed by atoms with E-state index in [1.54, 1.807) is 29.0 Å². The summed E-state index contributed by atoms with van der Waals surface area (Å²) >= 11 is 0. The summed E-state index contributed by atoms with van der Waals surface area (Å²) in [5, 5.41) is 17.3. The summed E-state index contributed by atoms with van der Waals surface area (Å²) in [6.45, 7) is 1.34. The molecule has 0 aliphatic carbocycles. The maximum atomic E-state index is 13.2. The monoisotopic (exact) mass is 485 g/mol. The van der Waals surface area contributed by atoms with E-state index in [1.807, 2.05) is 38.3 Å². The van der Waals surface area contributed by atoms with Gasteiger partial charge in [0.25, 0.3) is 0 Å². The maximum absolute atomic E-state index is 13.2. The first-order valence-electron chi connectivity index (χ1n) is 11.4. The molecule has 4 heterocycles. The molecule has 11 heteroatoms. The number of nitriles is 1. The van der Waals surface area contributed by atoms with E-state index in [4.69, 9.17) is 4.98 Å². The normalized spacial score (nSPS) is 15.2. The summed E-state index contributed by atoms with van der Waals surface area (Å²) in [5.41, 5.74) is 3.91. The smallest absolute Gasteiger partial charge is 0.244 e. The van der Waals surface area contributed by atoms with E-state index in [-0.39, 0.29) is 16.4 Å². The predicted molar refractivity (Wildman–Crippen MR) is 135 cm³/mol. The van der Waals surface area contributed by atoms with Gasteiger partial charge in [0, 0.05) is 55.9 Å². The molecule has 0 saturated carbocycles. The van der Waals surface area contributed by atoms with Crippen molar-refractivity contribution in [3.05, 3.63) is 77.9 Å². The van der Waals surface area contributed by atoms with Crippen molar-refractivity contribution in [3.8, 4) is 6.07 Å². The van der Waals surface area contributed by atoms with Gasteiger partial charge < -0.3 is 5.32 Å². The van der Waals surface area contributed by atoms with Crippen LogP contribution < -0.4 is 10.8 Å². The van der Waals surface area contributed by atoms with Crippen LogP contribution in [0.4, 0.5) is 5.82 Å². The lowest BCUT2D eigenvalue weighted by Crippen LogP contribution is -2.38. The van der Waals surface area contributed by atoms with Gasteiger partial charge in [-0.3, -0.25) is 4.98 Å².